The molecule has 10 nitrogen and oxygen atoms in total. The largest absolute Gasteiger partial charge is 0.545 e. The minimum Gasteiger partial charge on any atom is -0.545 e. The first-order valence-corrected chi connectivity index (χ1v) is 7.92. The van der Waals surface area contributed by atoms with Gasteiger partial charge in [0, 0.05) is 9.79 Å². The van der Waals surface area contributed by atoms with E-state index >= 15 is 0 Å². The van der Waals surface area contributed by atoms with Crippen LogP contribution in [0.2, 0.25) is 0 Å². The van der Waals surface area contributed by atoms with Gasteiger partial charge in [-0.1, -0.05) is 36.0 Å². The van der Waals surface area contributed by atoms with E-state index in [1.165, 1.54) is 36.0 Å². The molecule has 0 saturated heterocycles. The molecule has 11 heteroatoms. The van der Waals surface area contributed by atoms with E-state index in [9.17, 15) is 19.8 Å². The Morgan fingerprint density at radius 3 is 1.07 bits per heavy atom. The van der Waals surface area contributed by atoms with Crippen molar-refractivity contribution in [1.82, 2.24) is 0 Å². The van der Waals surface area contributed by atoms with Crippen molar-refractivity contribution in [2.45, 2.75) is 9.79 Å². The van der Waals surface area contributed by atoms with Gasteiger partial charge in [0.05, 0.1) is 11.9 Å². The Balaban J connectivity index is 0.000000718. The average molecular weight is 392 g/mol. The minimum atomic E-state index is -1.21. The van der Waals surface area contributed by atoms with Crippen molar-refractivity contribution < 1.29 is 30.6 Å². The molecule has 0 aliphatic heterocycles. The summed E-state index contributed by atoms with van der Waals surface area (Å²) in [6, 6.07) is 12.5. The molecule has 0 radical (unpaired) electrons. The summed E-state index contributed by atoms with van der Waals surface area (Å²) >= 11 is 1.40. The molecule has 2 rings (SSSR count). The lowest BCUT2D eigenvalue weighted by Crippen LogP contribution is -2.51. The predicted octanol–water partition coefficient (Wildman–Crippen LogP) is -5.40. The molecular formula is C16H20N6O4S. The summed E-state index contributed by atoms with van der Waals surface area (Å²) in [5.41, 5.74) is 18.6. The third-order valence-electron chi connectivity index (χ3n) is 2.42. The van der Waals surface area contributed by atoms with E-state index in [-0.39, 0.29) is 23.0 Å². The Morgan fingerprint density at radius 2 is 0.889 bits per heavy atom. The number of hydrogen-bond acceptors (Lipinski definition) is 5. The highest BCUT2D eigenvalue weighted by atomic mass is 32.2. The first-order valence-electron chi connectivity index (χ1n) is 7.10. The summed E-state index contributed by atoms with van der Waals surface area (Å²) in [6.07, 6.45) is 0. The van der Waals surface area contributed by atoms with Crippen LogP contribution >= 0.6 is 11.8 Å². The summed E-state index contributed by atoms with van der Waals surface area (Å²) in [4.78, 5) is 22.9. The molecule has 12 N–H and O–H groups in total. The van der Waals surface area contributed by atoms with Crippen molar-refractivity contribution >= 4 is 35.6 Å². The standard InChI is InChI=1S/C14H10O4S.2CH5N3/c15-13(16)9-1-5-11(6-2-9)19-12-7-3-10(4-8-12)14(17)18;2*2-1(3)4/h1-8H,(H,15,16)(H,17,18);2*(H5,2,3,4). The average Bonchev–Trinajstić information content (AvgIpc) is 2.55. The molecule has 0 aromatic heterocycles. The van der Waals surface area contributed by atoms with Crippen LogP contribution in [0.4, 0.5) is 0 Å². The fourth-order valence-electron chi connectivity index (χ4n) is 1.45. The van der Waals surface area contributed by atoms with Gasteiger partial charge in [-0.05, 0) is 35.4 Å². The zero-order chi connectivity index (χ0) is 21.0. The molecule has 0 spiro atoms. The number of benzene rings is 2. The molecule has 2 aromatic carbocycles. The van der Waals surface area contributed by atoms with Gasteiger partial charge in [0.2, 0.25) is 0 Å². The second kappa shape index (κ2) is 11.8. The van der Waals surface area contributed by atoms with Crippen LogP contribution in [0.5, 0.6) is 0 Å². The van der Waals surface area contributed by atoms with Gasteiger partial charge in [-0.25, -0.2) is 0 Å². The number of carbonyl (C=O) groups is 2. The van der Waals surface area contributed by atoms with Gasteiger partial charge >= 0.3 is 11.9 Å². The van der Waals surface area contributed by atoms with E-state index in [1.54, 1.807) is 24.3 Å². The fraction of sp³-hybridized carbons (Fsp3) is 0. The zero-order valence-corrected chi connectivity index (χ0v) is 14.9. The number of hydrogen-bond donors (Lipinski definition) is 6. The predicted molar refractivity (Wildman–Crippen MR) is 96.3 cm³/mol. The Kier molecular flexibility index (Phi) is 10.1. The van der Waals surface area contributed by atoms with Crippen molar-refractivity contribution in [3.05, 3.63) is 59.7 Å². The number of guanidine groups is 2. The van der Waals surface area contributed by atoms with Gasteiger partial charge in [0.15, 0.2) is 0 Å². The molecule has 0 aliphatic carbocycles. The molecule has 0 unspecified atom stereocenters. The van der Waals surface area contributed by atoms with Gasteiger partial charge < -0.3 is 19.8 Å². The van der Waals surface area contributed by atoms with E-state index in [2.05, 4.69) is 33.8 Å². The Bertz CT molecular complexity index is 718. The molecule has 27 heavy (non-hydrogen) atoms. The highest BCUT2D eigenvalue weighted by Gasteiger charge is 2.00. The van der Waals surface area contributed by atoms with Crippen molar-refractivity contribution in [1.29, 1.82) is 0 Å². The number of rotatable bonds is 4. The van der Waals surface area contributed by atoms with E-state index in [4.69, 9.17) is 0 Å². The normalized spacial score (nSPS) is 8.89. The molecule has 0 fully saturated rings. The van der Waals surface area contributed by atoms with Crippen LogP contribution in [0.25, 0.3) is 0 Å². The van der Waals surface area contributed by atoms with Gasteiger partial charge in [-0.3, -0.25) is 33.8 Å². The summed E-state index contributed by atoms with van der Waals surface area (Å²) < 4.78 is 0. The van der Waals surface area contributed by atoms with Crippen molar-refractivity contribution in [2.24, 2.45) is 22.9 Å². The van der Waals surface area contributed by atoms with E-state index in [0.717, 1.165) is 9.79 Å². The molecule has 0 amide bonds. The number of carbonyl (C=O) groups excluding carboxylic acids is 2. The lowest BCUT2D eigenvalue weighted by Gasteiger charge is -2.06. The number of carboxylic acids is 2. The third kappa shape index (κ3) is 11.4. The van der Waals surface area contributed by atoms with E-state index in [1.807, 2.05) is 0 Å². The van der Waals surface area contributed by atoms with Crippen LogP contribution < -0.4 is 44.0 Å². The summed E-state index contributed by atoms with van der Waals surface area (Å²) in [5, 5.41) is 30.4. The Labute approximate surface area is 159 Å². The molecule has 144 valence electrons. The molecular weight excluding hydrogens is 372 g/mol. The second-order valence-electron chi connectivity index (χ2n) is 4.73. The highest BCUT2D eigenvalue weighted by molar-refractivity contribution is 7.99. The van der Waals surface area contributed by atoms with Crippen molar-refractivity contribution in [3.8, 4) is 0 Å². The number of carboxylic acid groups (broad SMARTS) is 2. The molecule has 0 heterocycles. The molecule has 0 saturated carbocycles. The number of aromatic carboxylic acids is 2. The first-order chi connectivity index (χ1) is 12.5. The van der Waals surface area contributed by atoms with E-state index < -0.39 is 11.9 Å². The zero-order valence-electron chi connectivity index (χ0n) is 14.1. The van der Waals surface area contributed by atoms with E-state index in [0.29, 0.717) is 0 Å². The van der Waals surface area contributed by atoms with Gasteiger partial charge in [-0.2, -0.15) is 0 Å². The second-order valence-corrected chi connectivity index (χ2v) is 5.87. The smallest absolute Gasteiger partial charge is 0.336 e. The molecule has 2 aromatic rings. The first kappa shape index (κ1) is 23.3. The summed E-state index contributed by atoms with van der Waals surface area (Å²) in [5.74, 6) is -2.59. The minimum absolute atomic E-state index is 0.0833. The number of nitrogens with two attached hydrogens (primary N) is 6. The maximum Gasteiger partial charge on any atom is 0.336 e. The maximum absolute atomic E-state index is 10.6. The van der Waals surface area contributed by atoms with Crippen LogP contribution in [0, 0.1) is 0 Å². The molecule has 0 atom stereocenters. The molecule has 0 aliphatic rings. The van der Waals surface area contributed by atoms with Crippen LogP contribution in [0.15, 0.2) is 58.3 Å². The van der Waals surface area contributed by atoms with Gasteiger partial charge in [0.1, 0.15) is 0 Å². The Morgan fingerprint density at radius 1 is 0.667 bits per heavy atom. The lowest BCUT2D eigenvalue weighted by atomic mass is 10.2. The summed E-state index contributed by atoms with van der Waals surface area (Å²) in [6.45, 7) is 0. The van der Waals surface area contributed by atoms with Crippen LogP contribution in [0.1, 0.15) is 20.7 Å². The van der Waals surface area contributed by atoms with Crippen LogP contribution in [-0.4, -0.2) is 23.9 Å². The third-order valence-corrected chi connectivity index (χ3v) is 3.43. The quantitative estimate of drug-likeness (QED) is 0.215. The molecule has 0 bridgehead atoms. The monoisotopic (exact) mass is 392 g/mol. The topological polar surface area (TPSA) is 236 Å². The Hall–Kier alpha value is -3.73. The maximum atomic E-state index is 10.6. The highest BCUT2D eigenvalue weighted by Crippen LogP contribution is 2.27. The summed E-state index contributed by atoms with van der Waals surface area (Å²) in [7, 11) is 0. The van der Waals surface area contributed by atoms with Crippen molar-refractivity contribution in [3.63, 3.8) is 0 Å². The van der Waals surface area contributed by atoms with Crippen LogP contribution in [-0.2, 0) is 0 Å². The lowest BCUT2D eigenvalue weighted by molar-refractivity contribution is -0.256. The van der Waals surface area contributed by atoms with Crippen molar-refractivity contribution in [2.75, 3.05) is 0 Å². The van der Waals surface area contributed by atoms with Gasteiger partial charge in [0.25, 0.3) is 0 Å². The SMILES string of the molecule is NC(N)=[NH2+].NC(N)=[NH2+].O=C([O-])c1ccc(Sc2ccc(C(=O)[O-])cc2)cc1. The van der Waals surface area contributed by atoms with Gasteiger partial charge in [-0.15, -0.1) is 0 Å². The van der Waals surface area contributed by atoms with Crippen LogP contribution in [0.3, 0.4) is 0 Å². The fourth-order valence-corrected chi connectivity index (χ4v) is 2.27.